The molecule has 8 nitrogen and oxygen atoms in total. The molecule has 0 bridgehead atoms. The fourth-order valence-electron chi connectivity index (χ4n) is 4.10. The fraction of sp³-hybridized carbons (Fsp3) is 0.556. The Balaban J connectivity index is 1.82. The van der Waals surface area contributed by atoms with Gasteiger partial charge >= 0.3 is 0 Å². The lowest BCUT2D eigenvalue weighted by Crippen LogP contribution is -2.43. The zero-order valence-electron chi connectivity index (χ0n) is 15.1. The van der Waals surface area contributed by atoms with Crippen LogP contribution in [-0.2, 0) is 16.8 Å². The Morgan fingerprint density at radius 1 is 1.11 bits per heavy atom. The molecule has 1 aromatic heterocycles. The number of hydrogen-bond acceptors (Lipinski definition) is 5. The van der Waals surface area contributed by atoms with Gasteiger partial charge in [-0.2, -0.15) is 17.0 Å². The van der Waals surface area contributed by atoms with E-state index >= 15 is 0 Å². The first-order chi connectivity index (χ1) is 13.0. The summed E-state index contributed by atoms with van der Waals surface area (Å²) >= 11 is 0. The number of aliphatic hydroxyl groups is 1. The van der Waals surface area contributed by atoms with Crippen molar-refractivity contribution < 1.29 is 13.5 Å². The van der Waals surface area contributed by atoms with Crippen LogP contribution in [0.2, 0.25) is 0 Å². The highest BCUT2D eigenvalue weighted by molar-refractivity contribution is 7.86. The number of nitrogens with zero attached hydrogens (tertiary/aromatic N) is 4. The second-order valence-electron chi connectivity index (χ2n) is 7.05. The number of fused-ring (bicyclic) bond motifs is 1. The summed E-state index contributed by atoms with van der Waals surface area (Å²) in [7, 11) is -3.58. The molecule has 3 heterocycles. The number of aromatic nitrogens is 2. The van der Waals surface area contributed by atoms with Gasteiger partial charge < -0.3 is 5.11 Å². The molecule has 2 aliphatic rings. The van der Waals surface area contributed by atoms with Crippen LogP contribution in [0.5, 0.6) is 0 Å². The molecule has 2 aromatic rings. The summed E-state index contributed by atoms with van der Waals surface area (Å²) in [5.74, 6) is 0.424. The fourth-order valence-corrected chi connectivity index (χ4v) is 5.99. The lowest BCUT2D eigenvalue weighted by atomic mass is 10.2. The molecule has 1 atom stereocenters. The van der Waals surface area contributed by atoms with Crippen molar-refractivity contribution in [2.24, 2.45) is 0 Å². The Labute approximate surface area is 158 Å². The Morgan fingerprint density at radius 2 is 1.85 bits per heavy atom. The molecule has 27 heavy (non-hydrogen) atoms. The van der Waals surface area contributed by atoms with Gasteiger partial charge in [0.15, 0.2) is 0 Å². The predicted molar refractivity (Wildman–Crippen MR) is 101 cm³/mol. The molecule has 0 amide bonds. The molecule has 146 valence electrons. The van der Waals surface area contributed by atoms with Crippen LogP contribution >= 0.6 is 0 Å². The minimum atomic E-state index is -3.58. The van der Waals surface area contributed by atoms with E-state index in [0.717, 1.165) is 19.3 Å². The van der Waals surface area contributed by atoms with Crippen molar-refractivity contribution in [1.82, 2.24) is 18.2 Å². The van der Waals surface area contributed by atoms with Gasteiger partial charge in [-0.05, 0) is 37.8 Å². The summed E-state index contributed by atoms with van der Waals surface area (Å²) in [5.41, 5.74) is 0.312. The topological polar surface area (TPSA) is 95.7 Å². The summed E-state index contributed by atoms with van der Waals surface area (Å²) in [5, 5.41) is 9.93. The van der Waals surface area contributed by atoms with E-state index in [1.54, 1.807) is 18.2 Å². The van der Waals surface area contributed by atoms with E-state index in [1.807, 2.05) is 6.07 Å². The summed E-state index contributed by atoms with van der Waals surface area (Å²) in [4.78, 5) is 17.6. The smallest absolute Gasteiger partial charge is 0.282 e. The van der Waals surface area contributed by atoms with Crippen LogP contribution in [0, 0.1) is 0 Å². The first-order valence-electron chi connectivity index (χ1n) is 9.41. The highest BCUT2D eigenvalue weighted by Gasteiger charge is 2.41. The van der Waals surface area contributed by atoms with Gasteiger partial charge in [0.1, 0.15) is 5.82 Å². The Morgan fingerprint density at radius 3 is 2.59 bits per heavy atom. The number of benzene rings is 1. The van der Waals surface area contributed by atoms with Crippen LogP contribution in [0.4, 0.5) is 0 Å². The number of aliphatic hydroxyl groups excluding tert-OH is 1. The Kier molecular flexibility index (Phi) is 5.02. The van der Waals surface area contributed by atoms with Crippen LogP contribution in [0.3, 0.4) is 0 Å². The second-order valence-corrected chi connectivity index (χ2v) is 8.93. The van der Waals surface area contributed by atoms with Crippen LogP contribution in [0.25, 0.3) is 10.9 Å². The normalized spacial score (nSPS) is 22.0. The molecule has 0 spiro atoms. The first-order valence-corrected chi connectivity index (χ1v) is 10.8. The van der Waals surface area contributed by atoms with E-state index < -0.39 is 16.3 Å². The van der Waals surface area contributed by atoms with E-state index in [-0.39, 0.29) is 18.7 Å². The molecule has 2 saturated heterocycles. The van der Waals surface area contributed by atoms with Crippen molar-refractivity contribution in [3.05, 3.63) is 40.4 Å². The van der Waals surface area contributed by atoms with Crippen molar-refractivity contribution in [3.8, 4) is 0 Å². The molecule has 1 N–H and O–H groups in total. The lowest BCUT2D eigenvalue weighted by Gasteiger charge is -2.29. The molecule has 0 saturated carbocycles. The minimum Gasteiger partial charge on any atom is -0.395 e. The maximum Gasteiger partial charge on any atom is 0.282 e. The van der Waals surface area contributed by atoms with E-state index in [0.29, 0.717) is 42.8 Å². The van der Waals surface area contributed by atoms with Crippen molar-refractivity contribution in [2.75, 3.05) is 26.2 Å². The SMILES string of the molecule is O=c1c2ccccc2nc(C2CCCN2S(=O)(=O)N2CCCC2)n1CCO. The highest BCUT2D eigenvalue weighted by atomic mass is 32.2. The van der Waals surface area contributed by atoms with Gasteiger partial charge in [0, 0.05) is 19.6 Å². The third-order valence-electron chi connectivity index (χ3n) is 5.40. The quantitative estimate of drug-likeness (QED) is 0.814. The van der Waals surface area contributed by atoms with Crippen molar-refractivity contribution >= 4 is 21.1 Å². The first kappa shape index (κ1) is 18.5. The van der Waals surface area contributed by atoms with Crippen LogP contribution in [-0.4, -0.2) is 57.9 Å². The largest absolute Gasteiger partial charge is 0.395 e. The van der Waals surface area contributed by atoms with E-state index in [1.165, 1.54) is 13.2 Å². The summed E-state index contributed by atoms with van der Waals surface area (Å²) in [6, 6.07) is 6.56. The Bertz CT molecular complexity index is 998. The zero-order valence-corrected chi connectivity index (χ0v) is 15.9. The van der Waals surface area contributed by atoms with Gasteiger partial charge in [0.25, 0.3) is 15.8 Å². The molecule has 2 aliphatic heterocycles. The second kappa shape index (κ2) is 7.31. The average molecular weight is 392 g/mol. The zero-order chi connectivity index (χ0) is 19.0. The van der Waals surface area contributed by atoms with Gasteiger partial charge in [-0.1, -0.05) is 12.1 Å². The minimum absolute atomic E-state index is 0.0973. The third-order valence-corrected chi connectivity index (χ3v) is 7.45. The maximum absolute atomic E-state index is 13.1. The predicted octanol–water partition coefficient (Wildman–Crippen LogP) is 0.866. The van der Waals surface area contributed by atoms with Crippen molar-refractivity contribution in [3.63, 3.8) is 0 Å². The van der Waals surface area contributed by atoms with Crippen LogP contribution in [0.15, 0.2) is 29.1 Å². The maximum atomic E-state index is 13.1. The molecular formula is C18H24N4O4S. The number of rotatable bonds is 5. The standard InChI is InChI=1S/C18H24N4O4S/c23-13-12-21-17(19-15-7-2-1-6-14(15)18(21)24)16-8-5-11-22(16)27(25,26)20-9-3-4-10-20/h1-2,6-7,16,23H,3-5,8-13H2. The molecule has 0 aliphatic carbocycles. The summed E-state index contributed by atoms with van der Waals surface area (Å²) in [6.07, 6.45) is 3.09. The average Bonchev–Trinajstić information content (AvgIpc) is 3.36. The van der Waals surface area contributed by atoms with E-state index in [9.17, 15) is 18.3 Å². The molecular weight excluding hydrogens is 368 g/mol. The third kappa shape index (κ3) is 3.18. The van der Waals surface area contributed by atoms with Crippen LogP contribution < -0.4 is 5.56 Å². The summed E-state index contributed by atoms with van der Waals surface area (Å²) in [6.45, 7) is 1.39. The van der Waals surface area contributed by atoms with Gasteiger partial charge in [0.05, 0.1) is 30.1 Å². The van der Waals surface area contributed by atoms with E-state index in [2.05, 4.69) is 4.98 Å². The highest BCUT2D eigenvalue weighted by Crippen LogP contribution is 2.35. The van der Waals surface area contributed by atoms with Crippen LogP contribution in [0.1, 0.15) is 37.5 Å². The van der Waals surface area contributed by atoms with Crippen molar-refractivity contribution in [2.45, 2.75) is 38.3 Å². The molecule has 2 fully saturated rings. The number of hydrogen-bond donors (Lipinski definition) is 1. The summed E-state index contributed by atoms with van der Waals surface area (Å²) < 4.78 is 30.7. The van der Waals surface area contributed by atoms with Gasteiger partial charge in [-0.3, -0.25) is 9.36 Å². The number of para-hydroxylation sites is 1. The van der Waals surface area contributed by atoms with Crippen molar-refractivity contribution in [1.29, 1.82) is 0 Å². The molecule has 1 unspecified atom stereocenters. The molecule has 1 aromatic carbocycles. The van der Waals surface area contributed by atoms with Gasteiger partial charge in [-0.15, -0.1) is 0 Å². The monoisotopic (exact) mass is 392 g/mol. The van der Waals surface area contributed by atoms with Gasteiger partial charge in [-0.25, -0.2) is 4.98 Å². The Hall–Kier alpha value is -1.81. The lowest BCUT2D eigenvalue weighted by molar-refractivity contribution is 0.264. The molecule has 9 heteroatoms. The molecule has 4 rings (SSSR count). The van der Waals surface area contributed by atoms with Gasteiger partial charge in [0.2, 0.25) is 0 Å². The molecule has 0 radical (unpaired) electrons. The van der Waals surface area contributed by atoms with E-state index in [4.69, 9.17) is 0 Å².